The Hall–Kier alpha value is -2.19. The summed E-state index contributed by atoms with van der Waals surface area (Å²) in [6.45, 7) is 0. The number of nitrogens with zero attached hydrogens (tertiary/aromatic N) is 2. The zero-order chi connectivity index (χ0) is 16.9. The minimum Gasteiger partial charge on any atom is -0.326 e. The van der Waals surface area contributed by atoms with Gasteiger partial charge in [-0.15, -0.1) is 11.3 Å². The number of hydrogen-bond donors (Lipinski definition) is 1. The van der Waals surface area contributed by atoms with E-state index in [1.165, 1.54) is 45.7 Å². The molecule has 0 spiro atoms. The van der Waals surface area contributed by atoms with Gasteiger partial charge < -0.3 is 5.32 Å². The molecule has 1 N–H and O–H groups in total. The molecule has 124 valence electrons. The topological polar surface area (TPSA) is 63.5 Å². The SMILES string of the molecule is O=C(CCSCc1cc(=O)n2ccsc2n1)Nc1cccc(F)c1. The third-order valence-electron chi connectivity index (χ3n) is 3.19. The molecule has 2 aromatic heterocycles. The predicted octanol–water partition coefficient (Wildman–Crippen LogP) is 3.16. The summed E-state index contributed by atoms with van der Waals surface area (Å²) in [5.74, 6) is 0.599. The first-order valence-corrected chi connectivity index (χ1v) is 9.24. The van der Waals surface area contributed by atoms with Gasteiger partial charge in [-0.05, 0) is 18.2 Å². The van der Waals surface area contributed by atoms with Crippen molar-refractivity contribution in [1.29, 1.82) is 0 Å². The second kappa shape index (κ2) is 7.59. The first-order valence-electron chi connectivity index (χ1n) is 7.21. The van der Waals surface area contributed by atoms with Crippen LogP contribution < -0.4 is 10.9 Å². The molecule has 0 atom stereocenters. The van der Waals surface area contributed by atoms with Gasteiger partial charge >= 0.3 is 0 Å². The molecule has 0 aliphatic carbocycles. The minimum atomic E-state index is -0.386. The van der Waals surface area contributed by atoms with Crippen LogP contribution in [0.5, 0.6) is 0 Å². The Morgan fingerprint density at radius 1 is 1.38 bits per heavy atom. The van der Waals surface area contributed by atoms with Crippen molar-refractivity contribution in [2.75, 3.05) is 11.1 Å². The fourth-order valence-electron chi connectivity index (χ4n) is 2.09. The van der Waals surface area contributed by atoms with E-state index in [-0.39, 0.29) is 17.3 Å². The number of fused-ring (bicyclic) bond motifs is 1. The number of thioether (sulfide) groups is 1. The van der Waals surface area contributed by atoms with Crippen molar-refractivity contribution < 1.29 is 9.18 Å². The Bertz CT molecular complexity index is 923. The van der Waals surface area contributed by atoms with Crippen molar-refractivity contribution in [3.05, 3.63) is 63.8 Å². The van der Waals surface area contributed by atoms with Gasteiger partial charge in [-0.3, -0.25) is 14.0 Å². The molecule has 0 aliphatic rings. The van der Waals surface area contributed by atoms with E-state index in [0.29, 0.717) is 34.3 Å². The summed E-state index contributed by atoms with van der Waals surface area (Å²) in [6.07, 6.45) is 2.00. The zero-order valence-electron chi connectivity index (χ0n) is 12.6. The third kappa shape index (κ3) is 4.21. The average Bonchev–Trinajstić information content (AvgIpc) is 3.01. The molecule has 24 heavy (non-hydrogen) atoms. The Morgan fingerprint density at radius 2 is 2.25 bits per heavy atom. The Balaban J connectivity index is 1.47. The van der Waals surface area contributed by atoms with Crippen LogP contribution in [0, 0.1) is 5.82 Å². The van der Waals surface area contributed by atoms with E-state index in [2.05, 4.69) is 10.3 Å². The van der Waals surface area contributed by atoms with Gasteiger partial charge in [-0.1, -0.05) is 6.07 Å². The highest BCUT2D eigenvalue weighted by Crippen LogP contribution is 2.14. The lowest BCUT2D eigenvalue weighted by Gasteiger charge is -2.05. The highest BCUT2D eigenvalue weighted by molar-refractivity contribution is 7.98. The highest BCUT2D eigenvalue weighted by atomic mass is 32.2. The van der Waals surface area contributed by atoms with E-state index in [0.717, 1.165) is 0 Å². The molecule has 2 heterocycles. The third-order valence-corrected chi connectivity index (χ3v) is 4.94. The molecule has 0 saturated heterocycles. The van der Waals surface area contributed by atoms with Gasteiger partial charge in [-0.25, -0.2) is 9.37 Å². The molecule has 0 radical (unpaired) electrons. The van der Waals surface area contributed by atoms with E-state index in [1.807, 2.05) is 5.38 Å². The number of rotatable bonds is 6. The molecule has 0 fully saturated rings. The van der Waals surface area contributed by atoms with Crippen molar-refractivity contribution in [3.63, 3.8) is 0 Å². The van der Waals surface area contributed by atoms with Gasteiger partial charge in [0.1, 0.15) is 5.82 Å². The lowest BCUT2D eigenvalue weighted by molar-refractivity contribution is -0.115. The normalized spacial score (nSPS) is 10.9. The predicted molar refractivity (Wildman–Crippen MR) is 95.1 cm³/mol. The summed E-state index contributed by atoms with van der Waals surface area (Å²) in [4.78, 5) is 28.8. The van der Waals surface area contributed by atoms with Gasteiger partial charge in [-0.2, -0.15) is 11.8 Å². The number of hydrogen-bond acceptors (Lipinski definition) is 5. The molecule has 0 aliphatic heterocycles. The van der Waals surface area contributed by atoms with Crippen molar-refractivity contribution in [1.82, 2.24) is 9.38 Å². The van der Waals surface area contributed by atoms with Crippen LogP contribution in [-0.2, 0) is 10.5 Å². The number of nitrogens with one attached hydrogen (secondary N) is 1. The van der Waals surface area contributed by atoms with Gasteiger partial charge in [0, 0.05) is 41.3 Å². The maximum Gasteiger partial charge on any atom is 0.258 e. The highest BCUT2D eigenvalue weighted by Gasteiger charge is 2.06. The number of carbonyl (C=O) groups is 1. The lowest BCUT2D eigenvalue weighted by atomic mass is 10.3. The number of amides is 1. The molecule has 1 amide bonds. The molecule has 8 heteroatoms. The lowest BCUT2D eigenvalue weighted by Crippen LogP contribution is -2.13. The van der Waals surface area contributed by atoms with Crippen LogP contribution in [0.2, 0.25) is 0 Å². The second-order valence-corrected chi connectivity index (χ2v) is 6.98. The average molecular weight is 363 g/mol. The van der Waals surface area contributed by atoms with E-state index >= 15 is 0 Å². The molecular formula is C16H14FN3O2S2. The van der Waals surface area contributed by atoms with Crippen LogP contribution in [0.4, 0.5) is 10.1 Å². The van der Waals surface area contributed by atoms with Crippen molar-refractivity contribution in [3.8, 4) is 0 Å². The van der Waals surface area contributed by atoms with Crippen molar-refractivity contribution in [2.24, 2.45) is 0 Å². The summed E-state index contributed by atoms with van der Waals surface area (Å²) in [7, 11) is 0. The molecule has 5 nitrogen and oxygen atoms in total. The molecular weight excluding hydrogens is 349 g/mol. The van der Waals surface area contributed by atoms with E-state index < -0.39 is 0 Å². The standard InChI is InChI=1S/C16H14FN3O2S2/c17-11-2-1-3-12(8-11)18-14(21)4-6-23-10-13-9-15(22)20-5-7-24-16(20)19-13/h1-3,5,7-9H,4,6,10H2,(H,18,21). The fourth-order valence-corrected chi connectivity index (χ4v) is 3.66. The summed E-state index contributed by atoms with van der Waals surface area (Å²) >= 11 is 2.94. The second-order valence-electron chi connectivity index (χ2n) is 5.00. The van der Waals surface area contributed by atoms with E-state index in [1.54, 1.807) is 18.3 Å². The van der Waals surface area contributed by atoms with E-state index in [9.17, 15) is 14.0 Å². The number of anilines is 1. The number of halogens is 1. The zero-order valence-corrected chi connectivity index (χ0v) is 14.2. The summed E-state index contributed by atoms with van der Waals surface area (Å²) < 4.78 is 14.5. The maximum absolute atomic E-state index is 13.0. The quantitative estimate of drug-likeness (QED) is 0.684. The molecule has 3 aromatic rings. The number of aromatic nitrogens is 2. The first kappa shape index (κ1) is 16.7. The Morgan fingerprint density at radius 3 is 3.08 bits per heavy atom. The van der Waals surface area contributed by atoms with Crippen LogP contribution in [0.1, 0.15) is 12.1 Å². The van der Waals surface area contributed by atoms with E-state index in [4.69, 9.17) is 0 Å². The van der Waals surface area contributed by atoms with Crippen molar-refractivity contribution in [2.45, 2.75) is 12.2 Å². The molecule has 3 rings (SSSR count). The largest absolute Gasteiger partial charge is 0.326 e. The number of thiazole rings is 1. The monoisotopic (exact) mass is 363 g/mol. The smallest absolute Gasteiger partial charge is 0.258 e. The van der Waals surface area contributed by atoms with Gasteiger partial charge in [0.2, 0.25) is 5.91 Å². The molecule has 0 bridgehead atoms. The van der Waals surface area contributed by atoms with Crippen LogP contribution in [0.15, 0.2) is 46.7 Å². The van der Waals surface area contributed by atoms with Crippen molar-refractivity contribution >= 4 is 39.7 Å². The molecule has 1 aromatic carbocycles. The fraction of sp³-hybridized carbons (Fsp3) is 0.188. The summed E-state index contributed by atoms with van der Waals surface area (Å²) in [5.41, 5.74) is 1.06. The Labute approximate surface area is 145 Å². The Kier molecular flexibility index (Phi) is 5.27. The molecule has 0 unspecified atom stereocenters. The van der Waals surface area contributed by atoms with Crippen LogP contribution >= 0.6 is 23.1 Å². The van der Waals surface area contributed by atoms with Crippen LogP contribution in [0.25, 0.3) is 4.96 Å². The maximum atomic E-state index is 13.0. The van der Waals surface area contributed by atoms with Gasteiger partial charge in [0.05, 0.1) is 5.69 Å². The minimum absolute atomic E-state index is 0.0966. The first-order chi connectivity index (χ1) is 11.6. The van der Waals surface area contributed by atoms with Gasteiger partial charge in [0.15, 0.2) is 4.96 Å². The summed E-state index contributed by atoms with van der Waals surface area (Å²) in [6, 6.07) is 7.30. The van der Waals surface area contributed by atoms with Crippen LogP contribution in [-0.4, -0.2) is 21.0 Å². The number of carbonyl (C=O) groups excluding carboxylic acids is 1. The number of benzene rings is 1. The summed E-state index contributed by atoms with van der Waals surface area (Å²) in [5, 5.41) is 4.47. The van der Waals surface area contributed by atoms with Crippen LogP contribution in [0.3, 0.4) is 0 Å². The molecule has 0 saturated carbocycles. The van der Waals surface area contributed by atoms with Gasteiger partial charge in [0.25, 0.3) is 5.56 Å².